The first-order chi connectivity index (χ1) is 7.04. The minimum absolute atomic E-state index is 0.104. The number of rotatable bonds is 4. The summed E-state index contributed by atoms with van der Waals surface area (Å²) in [5.41, 5.74) is 0. The average Bonchev–Trinajstić information content (AvgIpc) is 1.99. The highest BCUT2D eigenvalue weighted by Gasteiger charge is 2.37. The van der Waals surface area contributed by atoms with Gasteiger partial charge in [-0.2, -0.15) is 0 Å². The summed E-state index contributed by atoms with van der Waals surface area (Å²) in [6.07, 6.45) is -1.60. The molecule has 0 saturated carbocycles. The summed E-state index contributed by atoms with van der Waals surface area (Å²) in [5.74, 6) is -1.48. The van der Waals surface area contributed by atoms with Gasteiger partial charge in [-0.3, -0.25) is 4.79 Å². The van der Waals surface area contributed by atoms with E-state index in [1.165, 1.54) is 4.90 Å². The van der Waals surface area contributed by atoms with Gasteiger partial charge in [-0.05, 0) is 6.42 Å². The van der Waals surface area contributed by atoms with Crippen LogP contribution in [0.3, 0.4) is 0 Å². The van der Waals surface area contributed by atoms with Crippen molar-refractivity contribution >= 4 is 12.1 Å². The van der Waals surface area contributed by atoms with Crippen LogP contribution in [-0.4, -0.2) is 41.5 Å². The zero-order valence-corrected chi connectivity index (χ0v) is 8.48. The Morgan fingerprint density at radius 3 is 2.67 bits per heavy atom. The van der Waals surface area contributed by atoms with Gasteiger partial charge in [0.1, 0.15) is 0 Å². The van der Waals surface area contributed by atoms with Crippen LogP contribution in [0.25, 0.3) is 0 Å². The smallest absolute Gasteiger partial charge is 0.412 e. The molecule has 0 radical (unpaired) electrons. The molecule has 1 N–H and O–H groups in total. The lowest BCUT2D eigenvalue weighted by molar-refractivity contribution is -0.147. The van der Waals surface area contributed by atoms with E-state index in [9.17, 15) is 14.0 Å². The molecular weight excluding hydrogens is 205 g/mol. The predicted molar refractivity (Wildman–Crippen MR) is 49.0 cm³/mol. The van der Waals surface area contributed by atoms with Crippen molar-refractivity contribution in [2.75, 3.05) is 13.1 Å². The number of nitrogens with zero attached hydrogens (tertiary/aromatic N) is 1. The third kappa shape index (κ3) is 3.07. The summed E-state index contributed by atoms with van der Waals surface area (Å²) in [6.45, 7) is 1.99. The van der Waals surface area contributed by atoms with Crippen molar-refractivity contribution in [3.63, 3.8) is 0 Å². The Bertz CT molecular complexity index is 252. The molecular formula is C9H14FNO4. The van der Waals surface area contributed by atoms with Crippen LogP contribution in [0.4, 0.5) is 9.18 Å². The van der Waals surface area contributed by atoms with E-state index in [0.717, 1.165) is 0 Å². The van der Waals surface area contributed by atoms with Crippen LogP contribution in [0.1, 0.15) is 19.8 Å². The molecule has 1 saturated heterocycles. The van der Waals surface area contributed by atoms with Gasteiger partial charge in [-0.25, -0.2) is 9.18 Å². The number of likely N-dealkylation sites (tertiary alicyclic amines) is 1. The first-order valence-corrected chi connectivity index (χ1v) is 4.87. The van der Waals surface area contributed by atoms with Crippen LogP contribution in [0, 0.1) is 5.92 Å². The van der Waals surface area contributed by atoms with Crippen molar-refractivity contribution in [3.05, 3.63) is 0 Å². The minimum Gasteiger partial charge on any atom is -0.481 e. The fourth-order valence-corrected chi connectivity index (χ4v) is 1.25. The van der Waals surface area contributed by atoms with Gasteiger partial charge in [0.25, 0.3) is 0 Å². The third-order valence-corrected chi connectivity index (χ3v) is 2.23. The van der Waals surface area contributed by atoms with Crippen LogP contribution >= 0.6 is 0 Å². The largest absolute Gasteiger partial charge is 0.481 e. The number of halogens is 1. The molecule has 1 aliphatic rings. The molecule has 15 heavy (non-hydrogen) atoms. The van der Waals surface area contributed by atoms with E-state index in [1.54, 1.807) is 6.92 Å². The lowest BCUT2D eigenvalue weighted by atomic mass is 10.0. The van der Waals surface area contributed by atoms with Crippen molar-refractivity contribution in [2.24, 2.45) is 5.92 Å². The zero-order valence-electron chi connectivity index (χ0n) is 8.48. The molecule has 6 heteroatoms. The molecule has 0 aromatic carbocycles. The molecule has 1 aliphatic heterocycles. The molecule has 1 amide bonds. The Morgan fingerprint density at radius 2 is 2.20 bits per heavy atom. The molecule has 1 fully saturated rings. The third-order valence-electron chi connectivity index (χ3n) is 2.23. The Labute approximate surface area is 86.8 Å². The number of amides is 1. The number of carboxylic acids is 1. The fraction of sp³-hybridized carbons (Fsp3) is 0.778. The Kier molecular flexibility index (Phi) is 3.88. The number of carboxylic acid groups (broad SMARTS) is 1. The molecule has 1 rings (SSSR count). The topological polar surface area (TPSA) is 66.8 Å². The van der Waals surface area contributed by atoms with Crippen LogP contribution in [0.5, 0.6) is 0 Å². The number of alkyl halides is 1. The maximum absolute atomic E-state index is 12.8. The van der Waals surface area contributed by atoms with Crippen molar-refractivity contribution in [1.82, 2.24) is 4.90 Å². The van der Waals surface area contributed by atoms with Gasteiger partial charge in [0.05, 0.1) is 5.92 Å². The maximum Gasteiger partial charge on any atom is 0.412 e. The average molecular weight is 219 g/mol. The molecule has 0 aromatic heterocycles. The second kappa shape index (κ2) is 4.95. The molecule has 1 heterocycles. The van der Waals surface area contributed by atoms with E-state index < -0.39 is 24.3 Å². The van der Waals surface area contributed by atoms with Gasteiger partial charge in [-0.15, -0.1) is 0 Å². The van der Waals surface area contributed by atoms with Gasteiger partial charge in [0.2, 0.25) is 6.36 Å². The van der Waals surface area contributed by atoms with E-state index in [4.69, 9.17) is 5.11 Å². The van der Waals surface area contributed by atoms with Gasteiger partial charge in [0.15, 0.2) is 0 Å². The van der Waals surface area contributed by atoms with Crippen molar-refractivity contribution in [1.29, 1.82) is 0 Å². The Hall–Kier alpha value is -1.33. The quantitative estimate of drug-likeness (QED) is 0.772. The fourth-order valence-electron chi connectivity index (χ4n) is 1.25. The number of ether oxygens (including phenoxy) is 1. The number of carbonyl (C=O) groups is 2. The summed E-state index contributed by atoms with van der Waals surface area (Å²) in [4.78, 5) is 22.8. The van der Waals surface area contributed by atoms with Crippen LogP contribution in [-0.2, 0) is 9.53 Å². The number of carbonyl (C=O) groups excluding carboxylic acids is 1. The summed E-state index contributed by atoms with van der Waals surface area (Å²) < 4.78 is 17.3. The predicted octanol–water partition coefficient (Wildman–Crippen LogP) is 1.24. The molecule has 86 valence electrons. The molecule has 0 aromatic rings. The van der Waals surface area contributed by atoms with E-state index >= 15 is 0 Å². The molecule has 1 atom stereocenters. The lowest BCUT2D eigenvalue weighted by Gasteiger charge is -2.35. The zero-order chi connectivity index (χ0) is 11.4. The molecule has 1 unspecified atom stereocenters. The van der Waals surface area contributed by atoms with Crippen molar-refractivity contribution in [3.8, 4) is 0 Å². The first kappa shape index (κ1) is 11.7. The normalized spacial score (nSPS) is 18.1. The van der Waals surface area contributed by atoms with Gasteiger partial charge < -0.3 is 14.7 Å². The van der Waals surface area contributed by atoms with E-state index in [2.05, 4.69) is 4.74 Å². The van der Waals surface area contributed by atoms with Gasteiger partial charge in [0, 0.05) is 19.5 Å². The second-order valence-corrected chi connectivity index (χ2v) is 3.52. The summed E-state index contributed by atoms with van der Waals surface area (Å²) in [5, 5.41) is 8.55. The van der Waals surface area contributed by atoms with Crippen LogP contribution in [0.2, 0.25) is 0 Å². The lowest BCUT2D eigenvalue weighted by Crippen LogP contribution is -2.53. The number of hydrogen-bond donors (Lipinski definition) is 1. The van der Waals surface area contributed by atoms with Gasteiger partial charge >= 0.3 is 12.1 Å². The van der Waals surface area contributed by atoms with Crippen molar-refractivity contribution < 1.29 is 23.8 Å². The molecule has 0 spiro atoms. The SMILES string of the molecule is CCCC(F)OC(=O)N1CC(C(=O)O)C1. The highest BCUT2D eigenvalue weighted by atomic mass is 19.1. The monoisotopic (exact) mass is 219 g/mol. The highest BCUT2D eigenvalue weighted by Crippen LogP contribution is 2.18. The molecule has 5 nitrogen and oxygen atoms in total. The second-order valence-electron chi connectivity index (χ2n) is 3.52. The minimum atomic E-state index is -1.59. The van der Waals surface area contributed by atoms with Crippen LogP contribution in [0.15, 0.2) is 0 Å². The van der Waals surface area contributed by atoms with Gasteiger partial charge in [-0.1, -0.05) is 6.92 Å². The standard InChI is InChI=1S/C9H14FNO4/c1-2-3-7(10)15-9(14)11-4-6(5-11)8(12)13/h6-7H,2-5H2,1H3,(H,12,13). The number of hydrogen-bond acceptors (Lipinski definition) is 3. The van der Waals surface area contributed by atoms with Crippen molar-refractivity contribution in [2.45, 2.75) is 26.1 Å². The summed E-state index contributed by atoms with van der Waals surface area (Å²) in [7, 11) is 0. The maximum atomic E-state index is 12.8. The molecule has 0 bridgehead atoms. The summed E-state index contributed by atoms with van der Waals surface area (Å²) >= 11 is 0. The Balaban J connectivity index is 2.23. The highest BCUT2D eigenvalue weighted by molar-refractivity contribution is 5.76. The van der Waals surface area contributed by atoms with E-state index in [1.807, 2.05) is 0 Å². The Morgan fingerprint density at radius 1 is 1.60 bits per heavy atom. The van der Waals surface area contributed by atoms with E-state index in [0.29, 0.717) is 6.42 Å². The van der Waals surface area contributed by atoms with E-state index in [-0.39, 0.29) is 19.5 Å². The molecule has 0 aliphatic carbocycles. The summed E-state index contributed by atoms with van der Waals surface area (Å²) in [6, 6.07) is 0. The first-order valence-electron chi connectivity index (χ1n) is 4.87. The van der Waals surface area contributed by atoms with Crippen LogP contribution < -0.4 is 0 Å². The number of aliphatic carboxylic acids is 1.